The predicted molar refractivity (Wildman–Crippen MR) is 62.9 cm³/mol. The molecule has 1 unspecified atom stereocenters. The maximum Gasteiger partial charge on any atom is 0.323 e. The summed E-state index contributed by atoms with van der Waals surface area (Å²) < 4.78 is 30.6. The van der Waals surface area contributed by atoms with E-state index < -0.39 is 22.0 Å². The Morgan fingerprint density at radius 2 is 1.94 bits per heavy atom. The van der Waals surface area contributed by atoms with Gasteiger partial charge in [0.05, 0.1) is 12.0 Å². The predicted octanol–water partition coefficient (Wildman–Crippen LogP) is 0.917. The highest BCUT2D eigenvalue weighted by Crippen LogP contribution is 2.09. The average molecular weight is 257 g/mol. The van der Waals surface area contributed by atoms with Crippen molar-refractivity contribution in [2.45, 2.75) is 24.3 Å². The van der Waals surface area contributed by atoms with Crippen LogP contribution >= 0.6 is 0 Å². The Hall–Kier alpha value is -1.40. The highest BCUT2D eigenvalue weighted by Gasteiger charge is 2.24. The molecule has 94 valence electrons. The molecule has 0 amide bonds. The van der Waals surface area contributed by atoms with Gasteiger partial charge in [-0.05, 0) is 18.6 Å². The zero-order valence-corrected chi connectivity index (χ0v) is 10.5. The van der Waals surface area contributed by atoms with Crippen LogP contribution < -0.4 is 4.72 Å². The Labute approximate surface area is 101 Å². The van der Waals surface area contributed by atoms with Crippen molar-refractivity contribution in [1.82, 2.24) is 4.72 Å². The van der Waals surface area contributed by atoms with E-state index in [0.29, 0.717) is 6.42 Å². The number of sulfonamides is 1. The number of benzene rings is 1. The van der Waals surface area contributed by atoms with E-state index in [1.807, 2.05) is 0 Å². The van der Waals surface area contributed by atoms with Crippen molar-refractivity contribution in [3.05, 3.63) is 30.3 Å². The summed E-state index contributed by atoms with van der Waals surface area (Å²) in [5, 5.41) is 0. The molecule has 0 spiro atoms. The molecule has 0 saturated carbocycles. The van der Waals surface area contributed by atoms with Crippen LogP contribution in [-0.4, -0.2) is 27.5 Å². The molecule has 0 radical (unpaired) electrons. The summed E-state index contributed by atoms with van der Waals surface area (Å²) in [5.41, 5.74) is 0. The monoisotopic (exact) mass is 257 g/mol. The first kappa shape index (κ1) is 13.7. The van der Waals surface area contributed by atoms with Gasteiger partial charge in [0, 0.05) is 0 Å². The van der Waals surface area contributed by atoms with Crippen molar-refractivity contribution in [2.24, 2.45) is 0 Å². The van der Waals surface area contributed by atoms with Crippen LogP contribution in [0.4, 0.5) is 0 Å². The smallest absolute Gasteiger partial charge is 0.323 e. The SMILES string of the molecule is CCC(NS(=O)(=O)c1ccccc1)C(=O)OC. The molecule has 0 bridgehead atoms. The van der Waals surface area contributed by atoms with E-state index in [4.69, 9.17) is 0 Å². The minimum absolute atomic E-state index is 0.127. The van der Waals surface area contributed by atoms with Crippen LogP contribution in [0.1, 0.15) is 13.3 Å². The number of rotatable bonds is 5. The van der Waals surface area contributed by atoms with Crippen LogP contribution in [0.5, 0.6) is 0 Å². The largest absolute Gasteiger partial charge is 0.468 e. The minimum Gasteiger partial charge on any atom is -0.468 e. The first-order chi connectivity index (χ1) is 8.01. The van der Waals surface area contributed by atoms with Gasteiger partial charge < -0.3 is 4.74 Å². The lowest BCUT2D eigenvalue weighted by atomic mass is 10.2. The molecule has 6 heteroatoms. The quantitative estimate of drug-likeness (QED) is 0.796. The fraction of sp³-hybridized carbons (Fsp3) is 0.364. The maximum atomic E-state index is 11.9. The van der Waals surface area contributed by atoms with Gasteiger partial charge >= 0.3 is 5.97 Å². The van der Waals surface area contributed by atoms with E-state index in [1.54, 1.807) is 25.1 Å². The van der Waals surface area contributed by atoms with Gasteiger partial charge in [-0.25, -0.2) is 8.42 Å². The highest BCUT2D eigenvalue weighted by atomic mass is 32.2. The van der Waals surface area contributed by atoms with E-state index in [-0.39, 0.29) is 4.90 Å². The third-order valence-electron chi connectivity index (χ3n) is 2.24. The van der Waals surface area contributed by atoms with Crippen LogP contribution in [0, 0.1) is 0 Å². The van der Waals surface area contributed by atoms with Gasteiger partial charge in [-0.15, -0.1) is 0 Å². The van der Waals surface area contributed by atoms with Gasteiger partial charge in [0.2, 0.25) is 10.0 Å². The standard InChI is InChI=1S/C11H15NO4S/c1-3-10(11(13)16-2)12-17(14,15)9-7-5-4-6-8-9/h4-8,10,12H,3H2,1-2H3. The average Bonchev–Trinajstić information content (AvgIpc) is 2.36. The zero-order valence-electron chi connectivity index (χ0n) is 9.71. The molecule has 0 aromatic heterocycles. The Bertz CT molecular complexity index is 470. The van der Waals surface area contributed by atoms with Gasteiger partial charge in [0.25, 0.3) is 0 Å². The Morgan fingerprint density at radius 1 is 1.35 bits per heavy atom. The number of carbonyl (C=O) groups is 1. The molecule has 1 aromatic carbocycles. The second-order valence-corrected chi connectivity index (χ2v) is 5.13. The number of ether oxygens (including phenoxy) is 1. The normalized spacial score (nSPS) is 13.1. The lowest BCUT2D eigenvalue weighted by Gasteiger charge is -2.14. The summed E-state index contributed by atoms with van der Waals surface area (Å²) in [4.78, 5) is 11.4. The third kappa shape index (κ3) is 3.54. The molecule has 0 aliphatic rings. The van der Waals surface area contributed by atoms with E-state index in [9.17, 15) is 13.2 Å². The number of nitrogens with one attached hydrogen (secondary N) is 1. The molecular weight excluding hydrogens is 242 g/mol. The van der Waals surface area contributed by atoms with E-state index >= 15 is 0 Å². The molecule has 17 heavy (non-hydrogen) atoms. The minimum atomic E-state index is -3.68. The number of hydrogen-bond donors (Lipinski definition) is 1. The van der Waals surface area contributed by atoms with Gasteiger partial charge in [0.1, 0.15) is 6.04 Å². The van der Waals surface area contributed by atoms with E-state index in [0.717, 1.165) is 0 Å². The van der Waals surface area contributed by atoms with Crippen molar-refractivity contribution in [3.8, 4) is 0 Å². The van der Waals surface area contributed by atoms with Gasteiger partial charge in [-0.1, -0.05) is 25.1 Å². The van der Waals surface area contributed by atoms with Crippen LogP contribution in [0.25, 0.3) is 0 Å². The van der Waals surface area contributed by atoms with Crippen molar-refractivity contribution < 1.29 is 17.9 Å². The van der Waals surface area contributed by atoms with Crippen molar-refractivity contribution >= 4 is 16.0 Å². The lowest BCUT2D eigenvalue weighted by Crippen LogP contribution is -2.40. The van der Waals surface area contributed by atoms with Crippen LogP contribution in [0.2, 0.25) is 0 Å². The van der Waals surface area contributed by atoms with Crippen molar-refractivity contribution in [1.29, 1.82) is 0 Å². The van der Waals surface area contributed by atoms with Gasteiger partial charge in [-0.3, -0.25) is 4.79 Å². The number of methoxy groups -OCH3 is 1. The summed E-state index contributed by atoms with van der Waals surface area (Å²) in [5.74, 6) is -0.591. The number of esters is 1. The summed E-state index contributed by atoms with van der Waals surface area (Å²) in [6, 6.07) is 7.03. The molecule has 0 aliphatic carbocycles. The second kappa shape index (κ2) is 5.79. The van der Waals surface area contributed by atoms with Crippen LogP contribution in [-0.2, 0) is 19.6 Å². The molecular formula is C11H15NO4S. The number of hydrogen-bond acceptors (Lipinski definition) is 4. The van der Waals surface area contributed by atoms with E-state index in [2.05, 4.69) is 9.46 Å². The molecule has 5 nitrogen and oxygen atoms in total. The molecule has 1 rings (SSSR count). The molecule has 0 heterocycles. The summed E-state index contributed by atoms with van der Waals surface area (Å²) in [6.45, 7) is 1.70. The zero-order chi connectivity index (χ0) is 12.9. The van der Waals surface area contributed by atoms with Crippen molar-refractivity contribution in [3.63, 3.8) is 0 Å². The van der Waals surface area contributed by atoms with Crippen molar-refractivity contribution in [2.75, 3.05) is 7.11 Å². The Kier molecular flexibility index (Phi) is 4.65. The highest BCUT2D eigenvalue weighted by molar-refractivity contribution is 7.89. The van der Waals surface area contributed by atoms with Crippen LogP contribution in [0.15, 0.2) is 35.2 Å². The maximum absolute atomic E-state index is 11.9. The summed E-state index contributed by atoms with van der Waals surface area (Å²) in [7, 11) is -2.45. The first-order valence-electron chi connectivity index (χ1n) is 5.16. The second-order valence-electron chi connectivity index (χ2n) is 3.42. The fourth-order valence-electron chi connectivity index (χ4n) is 1.30. The molecule has 0 fully saturated rings. The first-order valence-corrected chi connectivity index (χ1v) is 6.64. The summed E-state index contributed by atoms with van der Waals surface area (Å²) in [6.07, 6.45) is 0.332. The third-order valence-corrected chi connectivity index (χ3v) is 3.73. The molecule has 1 N–H and O–H groups in total. The summed E-state index contributed by atoms with van der Waals surface area (Å²) >= 11 is 0. The fourth-order valence-corrected chi connectivity index (χ4v) is 2.58. The van der Waals surface area contributed by atoms with Gasteiger partial charge in [0.15, 0.2) is 0 Å². The van der Waals surface area contributed by atoms with Crippen LogP contribution in [0.3, 0.4) is 0 Å². The lowest BCUT2D eigenvalue weighted by molar-refractivity contribution is -0.142. The topological polar surface area (TPSA) is 72.5 Å². The molecule has 1 atom stereocenters. The van der Waals surface area contributed by atoms with E-state index in [1.165, 1.54) is 19.2 Å². The Balaban J connectivity index is 2.90. The molecule has 0 saturated heterocycles. The number of carbonyl (C=O) groups excluding carboxylic acids is 1. The Morgan fingerprint density at radius 3 is 2.41 bits per heavy atom. The van der Waals surface area contributed by atoms with Gasteiger partial charge in [-0.2, -0.15) is 4.72 Å². The molecule has 1 aromatic rings. The molecule has 0 aliphatic heterocycles.